The van der Waals surface area contributed by atoms with Crippen molar-refractivity contribution < 1.29 is 0 Å². The average Bonchev–Trinajstić information content (AvgIpc) is 1.87. The van der Waals surface area contributed by atoms with Crippen LogP contribution in [0.4, 0.5) is 0 Å². The molecule has 0 fully saturated rings. The van der Waals surface area contributed by atoms with Crippen molar-refractivity contribution in [2.24, 2.45) is 11.7 Å². The minimum Gasteiger partial charge on any atom is -0.330 e. The third-order valence-electron chi connectivity index (χ3n) is 1.21. The van der Waals surface area contributed by atoms with Crippen molar-refractivity contribution in [3.05, 3.63) is 11.0 Å². The van der Waals surface area contributed by atoms with E-state index in [0.29, 0.717) is 5.92 Å². The molecule has 0 aromatic rings. The van der Waals surface area contributed by atoms with E-state index in [9.17, 15) is 0 Å². The lowest BCUT2D eigenvalue weighted by atomic mass is 10.2. The molecule has 1 nitrogen and oxygen atoms in total. The number of hydrogen-bond donors (Lipinski definition) is 1. The van der Waals surface area contributed by atoms with Crippen LogP contribution in [0.5, 0.6) is 0 Å². The van der Waals surface area contributed by atoms with Crippen molar-refractivity contribution in [2.45, 2.75) is 13.8 Å². The Morgan fingerprint density at radius 1 is 1.78 bits per heavy atom. The zero-order chi connectivity index (χ0) is 7.28. The van der Waals surface area contributed by atoms with Crippen LogP contribution in [0.25, 0.3) is 0 Å². The Bertz CT molecular complexity index is 99.1. The van der Waals surface area contributed by atoms with E-state index in [4.69, 9.17) is 5.73 Å². The fraction of sp³-hybridized carbons (Fsp3) is 0.714. The maximum absolute atomic E-state index is 5.42. The first kappa shape index (κ1) is 9.05. The molecule has 0 aromatic carbocycles. The van der Waals surface area contributed by atoms with Crippen molar-refractivity contribution in [1.82, 2.24) is 0 Å². The van der Waals surface area contributed by atoms with Crippen LogP contribution in [0.1, 0.15) is 13.8 Å². The molecule has 0 aliphatic heterocycles. The Morgan fingerprint density at radius 2 is 2.33 bits per heavy atom. The summed E-state index contributed by atoms with van der Waals surface area (Å²) in [6.07, 6.45) is 4.28. The number of hydrogen-bond acceptors (Lipinski definition) is 2. The minimum absolute atomic E-state index is 0.525. The van der Waals surface area contributed by atoms with Crippen molar-refractivity contribution in [1.29, 1.82) is 0 Å². The number of nitrogens with two attached hydrogens (primary N) is 1. The Hall–Kier alpha value is 0.0500. The molecule has 0 heterocycles. The zero-order valence-electron chi connectivity index (χ0n) is 6.35. The number of allylic oxidation sites excluding steroid dienone is 1. The molecule has 1 unspecified atom stereocenters. The summed E-state index contributed by atoms with van der Waals surface area (Å²) in [5.74, 6) is 0.525. The van der Waals surface area contributed by atoms with Crippen LogP contribution in [0.15, 0.2) is 11.0 Å². The third kappa shape index (κ3) is 4.55. The molecule has 0 bridgehead atoms. The third-order valence-corrected chi connectivity index (χ3v) is 1.99. The monoisotopic (exact) mass is 145 g/mol. The lowest BCUT2D eigenvalue weighted by molar-refractivity contribution is 0.738. The molecule has 0 amide bonds. The average molecular weight is 145 g/mol. The standard InChI is InChI=1S/C7H15NS/c1-6(5-8)4-7(2)9-3/h4,6H,5,8H2,1-3H3. The van der Waals surface area contributed by atoms with Gasteiger partial charge in [0.2, 0.25) is 0 Å². The van der Waals surface area contributed by atoms with Gasteiger partial charge in [0.1, 0.15) is 0 Å². The summed E-state index contributed by atoms with van der Waals surface area (Å²) in [5, 5.41) is 0. The fourth-order valence-corrected chi connectivity index (χ4v) is 0.905. The molecule has 9 heavy (non-hydrogen) atoms. The molecule has 0 saturated carbocycles. The van der Waals surface area contributed by atoms with Gasteiger partial charge in [-0.3, -0.25) is 0 Å². The Kier molecular flexibility index (Phi) is 4.91. The van der Waals surface area contributed by atoms with Gasteiger partial charge in [-0.05, 0) is 30.5 Å². The normalized spacial score (nSPS) is 15.8. The van der Waals surface area contributed by atoms with Crippen LogP contribution >= 0.6 is 11.8 Å². The van der Waals surface area contributed by atoms with E-state index in [-0.39, 0.29) is 0 Å². The van der Waals surface area contributed by atoms with E-state index < -0.39 is 0 Å². The molecule has 2 N–H and O–H groups in total. The summed E-state index contributed by atoms with van der Waals surface area (Å²) in [5.41, 5.74) is 5.42. The van der Waals surface area contributed by atoms with Gasteiger partial charge < -0.3 is 5.73 Å². The Morgan fingerprint density at radius 3 is 2.67 bits per heavy atom. The molecule has 0 aliphatic rings. The predicted octanol–water partition coefficient (Wildman–Crippen LogP) is 1.85. The summed E-state index contributed by atoms with van der Waals surface area (Å²) in [4.78, 5) is 1.35. The first-order valence-corrected chi connectivity index (χ1v) is 4.35. The van der Waals surface area contributed by atoms with Crippen molar-refractivity contribution in [2.75, 3.05) is 12.8 Å². The van der Waals surface area contributed by atoms with Crippen molar-refractivity contribution in [3.63, 3.8) is 0 Å². The van der Waals surface area contributed by atoms with Gasteiger partial charge in [-0.15, -0.1) is 11.8 Å². The van der Waals surface area contributed by atoms with Crippen LogP contribution in [0.2, 0.25) is 0 Å². The molecule has 1 atom stereocenters. The van der Waals surface area contributed by atoms with Gasteiger partial charge in [-0.25, -0.2) is 0 Å². The molecule has 0 rings (SSSR count). The highest BCUT2D eigenvalue weighted by molar-refractivity contribution is 8.02. The minimum atomic E-state index is 0.525. The van der Waals surface area contributed by atoms with E-state index in [0.717, 1.165) is 6.54 Å². The molecule has 0 radical (unpaired) electrons. The van der Waals surface area contributed by atoms with Gasteiger partial charge >= 0.3 is 0 Å². The van der Waals surface area contributed by atoms with Crippen LogP contribution < -0.4 is 5.73 Å². The molecular formula is C7H15NS. The van der Waals surface area contributed by atoms with Gasteiger partial charge in [-0.1, -0.05) is 13.0 Å². The van der Waals surface area contributed by atoms with E-state index in [1.807, 2.05) is 0 Å². The Labute approximate surface area is 61.7 Å². The molecule has 0 aromatic heterocycles. The van der Waals surface area contributed by atoms with Gasteiger partial charge in [0.05, 0.1) is 0 Å². The highest BCUT2D eigenvalue weighted by Gasteiger charge is 1.92. The molecule has 2 heteroatoms. The van der Waals surface area contributed by atoms with E-state index in [1.54, 1.807) is 11.8 Å². The van der Waals surface area contributed by atoms with E-state index >= 15 is 0 Å². The quantitative estimate of drug-likeness (QED) is 0.656. The van der Waals surface area contributed by atoms with Crippen LogP contribution in [0, 0.1) is 5.92 Å². The SMILES string of the molecule is CSC(C)=CC(C)CN. The lowest BCUT2D eigenvalue weighted by Crippen LogP contribution is -2.07. The first-order valence-electron chi connectivity index (χ1n) is 3.13. The van der Waals surface area contributed by atoms with Crippen molar-refractivity contribution >= 4 is 11.8 Å². The highest BCUT2D eigenvalue weighted by atomic mass is 32.2. The maximum atomic E-state index is 5.42. The first-order chi connectivity index (χ1) is 4.20. The van der Waals surface area contributed by atoms with Crippen LogP contribution in [-0.4, -0.2) is 12.8 Å². The summed E-state index contributed by atoms with van der Waals surface area (Å²) < 4.78 is 0. The molecule has 0 saturated heterocycles. The Balaban J connectivity index is 3.64. The molecule has 0 aliphatic carbocycles. The van der Waals surface area contributed by atoms with Crippen LogP contribution in [0.3, 0.4) is 0 Å². The second-order valence-electron chi connectivity index (χ2n) is 2.19. The van der Waals surface area contributed by atoms with Gasteiger partial charge in [0.25, 0.3) is 0 Å². The number of rotatable bonds is 3. The predicted molar refractivity (Wildman–Crippen MR) is 45.5 cm³/mol. The fourth-order valence-electron chi connectivity index (χ4n) is 0.537. The van der Waals surface area contributed by atoms with E-state index in [1.165, 1.54) is 4.91 Å². The smallest absolute Gasteiger partial charge is 0.00164 e. The van der Waals surface area contributed by atoms with Crippen molar-refractivity contribution in [3.8, 4) is 0 Å². The maximum Gasteiger partial charge on any atom is -0.00164 e. The largest absolute Gasteiger partial charge is 0.330 e. The lowest BCUT2D eigenvalue weighted by Gasteiger charge is -2.01. The highest BCUT2D eigenvalue weighted by Crippen LogP contribution is 2.12. The summed E-state index contributed by atoms with van der Waals surface area (Å²) in [7, 11) is 0. The number of thioether (sulfide) groups is 1. The van der Waals surface area contributed by atoms with Gasteiger partial charge in [0.15, 0.2) is 0 Å². The topological polar surface area (TPSA) is 26.0 Å². The summed E-state index contributed by atoms with van der Waals surface area (Å²) in [6.45, 7) is 4.98. The van der Waals surface area contributed by atoms with Gasteiger partial charge in [-0.2, -0.15) is 0 Å². The molecule has 54 valence electrons. The van der Waals surface area contributed by atoms with Gasteiger partial charge in [0, 0.05) is 0 Å². The van der Waals surface area contributed by atoms with Crippen LogP contribution in [-0.2, 0) is 0 Å². The van der Waals surface area contributed by atoms with E-state index in [2.05, 4.69) is 26.2 Å². The summed E-state index contributed by atoms with van der Waals surface area (Å²) >= 11 is 1.77. The second kappa shape index (κ2) is 4.89. The zero-order valence-corrected chi connectivity index (χ0v) is 7.16. The molecular weight excluding hydrogens is 130 g/mol. The second-order valence-corrected chi connectivity index (χ2v) is 3.25. The summed E-state index contributed by atoms with van der Waals surface area (Å²) in [6, 6.07) is 0. The molecule has 0 spiro atoms.